The van der Waals surface area contributed by atoms with Crippen molar-refractivity contribution in [2.45, 2.75) is 26.1 Å². The van der Waals surface area contributed by atoms with Crippen molar-refractivity contribution in [2.75, 3.05) is 30.4 Å². The number of rotatable bonds is 4. The summed E-state index contributed by atoms with van der Waals surface area (Å²) in [4.78, 5) is 10.2. The Labute approximate surface area is 140 Å². The lowest BCUT2D eigenvalue weighted by molar-refractivity contribution is -0.00521. The van der Waals surface area contributed by atoms with E-state index in [4.69, 9.17) is 9.47 Å². The molecule has 0 amide bonds. The maximum Gasteiger partial charge on any atom is 0.255 e. The predicted octanol–water partition coefficient (Wildman–Crippen LogP) is 2.98. The third kappa shape index (κ3) is 3.73. The summed E-state index contributed by atoms with van der Waals surface area (Å²) in [7, 11) is 1.37. The molecule has 24 heavy (non-hydrogen) atoms. The molecule has 1 saturated heterocycles. The number of ether oxygens (including phenoxy) is 2. The van der Waals surface area contributed by atoms with E-state index in [1.54, 1.807) is 0 Å². The third-order valence-corrected chi connectivity index (χ3v) is 3.81. The highest BCUT2D eigenvalue weighted by atomic mass is 19.1. The summed E-state index contributed by atoms with van der Waals surface area (Å²) in [5.41, 5.74) is 1.96. The van der Waals surface area contributed by atoms with Crippen LogP contribution < -0.4 is 15.0 Å². The van der Waals surface area contributed by atoms with Crippen LogP contribution in [0.4, 0.5) is 21.7 Å². The van der Waals surface area contributed by atoms with Crippen LogP contribution in [0.5, 0.6) is 5.88 Å². The molecule has 1 aliphatic rings. The molecule has 0 aliphatic carbocycles. The number of hydrogen-bond acceptors (Lipinski definition) is 6. The van der Waals surface area contributed by atoms with E-state index in [-0.39, 0.29) is 24.0 Å². The molecule has 1 fully saturated rings. The summed E-state index contributed by atoms with van der Waals surface area (Å²) < 4.78 is 24.0. The van der Waals surface area contributed by atoms with Crippen LogP contribution in [0.25, 0.3) is 0 Å². The Morgan fingerprint density at radius 1 is 1.21 bits per heavy atom. The summed E-state index contributed by atoms with van der Waals surface area (Å²) in [5, 5.41) is 3.04. The Kier molecular flexibility index (Phi) is 4.80. The lowest BCUT2D eigenvalue weighted by Crippen LogP contribution is -2.45. The molecule has 1 aliphatic heterocycles. The van der Waals surface area contributed by atoms with Crippen molar-refractivity contribution in [3.05, 3.63) is 36.3 Å². The van der Waals surface area contributed by atoms with Gasteiger partial charge in [-0.3, -0.25) is 0 Å². The van der Waals surface area contributed by atoms with Crippen LogP contribution in [0, 0.1) is 5.82 Å². The summed E-state index contributed by atoms with van der Waals surface area (Å²) in [6.07, 6.45) is 1.51. The van der Waals surface area contributed by atoms with Crippen molar-refractivity contribution in [1.29, 1.82) is 0 Å². The highest BCUT2D eigenvalue weighted by molar-refractivity contribution is 5.59. The van der Waals surface area contributed by atoms with E-state index in [0.29, 0.717) is 0 Å². The number of hydrogen-bond donors (Lipinski definition) is 1. The van der Waals surface area contributed by atoms with E-state index in [1.807, 2.05) is 24.3 Å². The number of nitrogens with zero attached hydrogens (tertiary/aromatic N) is 3. The first-order valence-corrected chi connectivity index (χ1v) is 7.89. The summed E-state index contributed by atoms with van der Waals surface area (Å²) in [6, 6.07) is 7.96. The van der Waals surface area contributed by atoms with Crippen LogP contribution in [-0.2, 0) is 4.74 Å². The molecule has 1 aromatic carbocycles. The van der Waals surface area contributed by atoms with Crippen LogP contribution in [0.15, 0.2) is 30.5 Å². The molecule has 0 saturated carbocycles. The normalized spacial score (nSPS) is 20.8. The van der Waals surface area contributed by atoms with Gasteiger partial charge in [-0.1, -0.05) is 0 Å². The maximum absolute atomic E-state index is 13.3. The van der Waals surface area contributed by atoms with Crippen molar-refractivity contribution >= 4 is 17.3 Å². The molecule has 1 aromatic heterocycles. The van der Waals surface area contributed by atoms with Gasteiger partial charge in [-0.15, -0.1) is 0 Å². The van der Waals surface area contributed by atoms with Gasteiger partial charge in [-0.2, -0.15) is 9.37 Å². The van der Waals surface area contributed by atoms with E-state index >= 15 is 0 Å². The predicted molar refractivity (Wildman–Crippen MR) is 90.5 cm³/mol. The Morgan fingerprint density at radius 3 is 2.50 bits per heavy atom. The molecule has 2 heterocycles. The Morgan fingerprint density at radius 2 is 1.88 bits per heavy atom. The molecule has 7 heteroatoms. The summed E-state index contributed by atoms with van der Waals surface area (Å²) >= 11 is 0. The van der Waals surface area contributed by atoms with Crippen molar-refractivity contribution < 1.29 is 13.9 Å². The number of nitrogens with one attached hydrogen (secondary N) is 1. The third-order valence-electron chi connectivity index (χ3n) is 3.81. The Balaban J connectivity index is 1.70. The molecule has 2 atom stereocenters. The minimum Gasteiger partial charge on any atom is -0.479 e. The van der Waals surface area contributed by atoms with Gasteiger partial charge in [0.15, 0.2) is 0 Å². The van der Waals surface area contributed by atoms with Gasteiger partial charge in [0.05, 0.1) is 25.5 Å². The topological polar surface area (TPSA) is 59.5 Å². The molecule has 0 radical (unpaired) electrons. The van der Waals surface area contributed by atoms with Gasteiger partial charge in [0, 0.05) is 24.5 Å². The molecule has 2 aromatic rings. The van der Waals surface area contributed by atoms with E-state index in [9.17, 15) is 4.39 Å². The van der Waals surface area contributed by atoms with Gasteiger partial charge in [-0.05, 0) is 38.1 Å². The fraction of sp³-hybridized carbons (Fsp3) is 0.412. The van der Waals surface area contributed by atoms with Crippen molar-refractivity contribution in [3.8, 4) is 5.88 Å². The van der Waals surface area contributed by atoms with Crippen LogP contribution in [-0.4, -0.2) is 42.4 Å². The number of morpholine rings is 1. The fourth-order valence-corrected chi connectivity index (χ4v) is 2.83. The first-order chi connectivity index (χ1) is 11.5. The molecule has 3 rings (SSSR count). The molecule has 0 spiro atoms. The van der Waals surface area contributed by atoms with Crippen LogP contribution in [0.3, 0.4) is 0 Å². The summed E-state index contributed by atoms with van der Waals surface area (Å²) in [6.45, 7) is 5.90. The molecule has 6 nitrogen and oxygen atoms in total. The lowest BCUT2D eigenvalue weighted by Gasteiger charge is -2.36. The molecule has 1 N–H and O–H groups in total. The second-order valence-electron chi connectivity index (χ2n) is 5.88. The average Bonchev–Trinajstić information content (AvgIpc) is 2.56. The van der Waals surface area contributed by atoms with E-state index in [1.165, 1.54) is 7.11 Å². The van der Waals surface area contributed by atoms with E-state index < -0.39 is 5.82 Å². The zero-order chi connectivity index (χ0) is 17.1. The smallest absolute Gasteiger partial charge is 0.255 e. The lowest BCUT2D eigenvalue weighted by atomic mass is 10.2. The highest BCUT2D eigenvalue weighted by Gasteiger charge is 2.22. The number of benzene rings is 1. The molecular formula is C17H21FN4O2. The first-order valence-electron chi connectivity index (χ1n) is 7.89. The van der Waals surface area contributed by atoms with Crippen LogP contribution in [0.1, 0.15) is 13.8 Å². The van der Waals surface area contributed by atoms with Crippen LogP contribution in [0.2, 0.25) is 0 Å². The van der Waals surface area contributed by atoms with Crippen LogP contribution >= 0.6 is 0 Å². The van der Waals surface area contributed by atoms with Crippen molar-refractivity contribution in [3.63, 3.8) is 0 Å². The molecule has 0 unspecified atom stereocenters. The van der Waals surface area contributed by atoms with Gasteiger partial charge in [0.2, 0.25) is 11.8 Å². The zero-order valence-electron chi connectivity index (χ0n) is 14.0. The highest BCUT2D eigenvalue weighted by Crippen LogP contribution is 2.24. The molecule has 128 valence electrons. The number of anilines is 3. The maximum atomic E-state index is 13.3. The number of methoxy groups -OCH3 is 1. The van der Waals surface area contributed by atoms with Gasteiger partial charge in [0.25, 0.3) is 5.88 Å². The zero-order valence-corrected chi connectivity index (χ0v) is 14.0. The monoisotopic (exact) mass is 332 g/mol. The van der Waals surface area contributed by atoms with Gasteiger partial charge >= 0.3 is 0 Å². The Hall–Kier alpha value is -2.41. The van der Waals surface area contributed by atoms with Crippen molar-refractivity contribution in [1.82, 2.24) is 9.97 Å². The first kappa shape index (κ1) is 16.4. The van der Waals surface area contributed by atoms with Gasteiger partial charge < -0.3 is 19.7 Å². The Bertz CT molecular complexity index is 685. The second-order valence-corrected chi connectivity index (χ2v) is 5.88. The SMILES string of the molecule is COc1nc(Nc2ccc(N3C[C@@H](C)O[C@@H](C)C3)cc2)ncc1F. The number of aromatic nitrogens is 2. The fourth-order valence-electron chi connectivity index (χ4n) is 2.83. The average molecular weight is 332 g/mol. The second kappa shape index (κ2) is 7.00. The minimum absolute atomic E-state index is 0.0830. The quantitative estimate of drug-likeness (QED) is 0.929. The van der Waals surface area contributed by atoms with E-state index in [0.717, 1.165) is 30.7 Å². The van der Waals surface area contributed by atoms with E-state index in [2.05, 4.69) is 34.0 Å². The van der Waals surface area contributed by atoms with Gasteiger partial charge in [-0.25, -0.2) is 4.98 Å². The number of halogens is 1. The molecule has 0 bridgehead atoms. The van der Waals surface area contributed by atoms with Gasteiger partial charge in [0.1, 0.15) is 0 Å². The molecular weight excluding hydrogens is 311 g/mol. The largest absolute Gasteiger partial charge is 0.479 e. The standard InChI is InChI=1S/C17H21FN4O2/c1-11-9-22(10-12(2)24-11)14-6-4-13(5-7-14)20-17-19-8-15(18)16(21-17)23-3/h4-8,11-12H,9-10H2,1-3H3,(H,19,20,21)/t11-,12+. The minimum atomic E-state index is -0.589. The van der Waals surface area contributed by atoms with Crippen molar-refractivity contribution in [2.24, 2.45) is 0 Å². The summed E-state index contributed by atoms with van der Waals surface area (Å²) in [5.74, 6) is -0.385.